The van der Waals surface area contributed by atoms with Gasteiger partial charge in [0.25, 0.3) is 0 Å². The second-order valence-corrected chi connectivity index (χ2v) is 5.53. The average molecular weight is 385 g/mol. The van der Waals surface area contributed by atoms with E-state index in [1.807, 2.05) is 30.4 Å². The number of rotatable bonds is 11. The molecule has 0 atom stereocenters. The van der Waals surface area contributed by atoms with Gasteiger partial charge in [0, 0.05) is 26.9 Å². The molecule has 2 aromatic carbocycles. The smallest absolute Gasteiger partial charge is 0.207 e. The van der Waals surface area contributed by atoms with Crippen LogP contribution in [0.2, 0.25) is 0 Å². The molecule has 148 valence electrons. The Balaban J connectivity index is 2.39. The first kappa shape index (κ1) is 21.3. The van der Waals surface area contributed by atoms with Crippen LogP contribution in [0.4, 0.5) is 0 Å². The Bertz CT molecular complexity index is 811. The van der Waals surface area contributed by atoms with Crippen LogP contribution in [-0.2, 0) is 14.2 Å². The Morgan fingerprint density at radius 2 is 1.36 bits per heavy atom. The number of ether oxygens (including phenoxy) is 6. The number of benzene rings is 2. The van der Waals surface area contributed by atoms with Crippen LogP contribution < -0.4 is 14.2 Å². The quantitative estimate of drug-likeness (QED) is 0.431. The van der Waals surface area contributed by atoms with Gasteiger partial charge in [-0.1, -0.05) is 24.3 Å². The number of hydrogen-bond acceptors (Lipinski definition) is 7. The number of nitrogens with zero attached hydrogens (tertiary/aromatic N) is 1. The van der Waals surface area contributed by atoms with Crippen LogP contribution in [-0.4, -0.2) is 41.7 Å². The molecule has 2 aromatic rings. The van der Waals surface area contributed by atoms with Gasteiger partial charge in [-0.3, -0.25) is 0 Å². The minimum Gasteiger partial charge on any atom is -0.464 e. The summed E-state index contributed by atoms with van der Waals surface area (Å²) in [5, 5.41) is 8.90. The van der Waals surface area contributed by atoms with Crippen LogP contribution in [0.3, 0.4) is 0 Å². The molecule has 0 saturated heterocycles. The zero-order chi connectivity index (χ0) is 20.2. The fourth-order valence-electron chi connectivity index (χ4n) is 2.30. The first-order chi connectivity index (χ1) is 13.7. The molecule has 0 unspecified atom stereocenters. The Kier molecular flexibility index (Phi) is 8.82. The van der Waals surface area contributed by atoms with Crippen LogP contribution in [0.1, 0.15) is 16.7 Å². The molecule has 0 amide bonds. The Morgan fingerprint density at radius 1 is 0.750 bits per heavy atom. The highest BCUT2D eigenvalue weighted by Crippen LogP contribution is 2.41. The van der Waals surface area contributed by atoms with Gasteiger partial charge in [-0.25, -0.2) is 0 Å². The van der Waals surface area contributed by atoms with Gasteiger partial charge in [-0.15, -0.1) is 0 Å². The normalized spacial score (nSPS) is 10.6. The Labute approximate surface area is 164 Å². The molecule has 0 aromatic heterocycles. The second kappa shape index (κ2) is 11.6. The van der Waals surface area contributed by atoms with Crippen LogP contribution in [0, 0.1) is 11.3 Å². The molecule has 0 saturated carbocycles. The molecule has 7 heteroatoms. The zero-order valence-corrected chi connectivity index (χ0v) is 16.1. The van der Waals surface area contributed by atoms with Gasteiger partial charge in [0.2, 0.25) is 5.75 Å². The van der Waals surface area contributed by atoms with Crippen molar-refractivity contribution < 1.29 is 28.4 Å². The molecular formula is C21H23NO6. The fraction of sp³-hybridized carbons (Fsp3) is 0.286. The van der Waals surface area contributed by atoms with Gasteiger partial charge in [-0.05, 0) is 29.8 Å². The number of nitriles is 1. The van der Waals surface area contributed by atoms with Crippen molar-refractivity contribution in [2.45, 2.75) is 0 Å². The standard InChI is InChI=1S/C21H23NO6/c1-23-13-26-19-11-10-18(9-8-16-4-6-17(12-22)7-5-16)20(27-14-24-2)21(19)28-15-25-3/h4-11H,13-15H2,1-3H3/b9-8+. The number of hydrogen-bond donors (Lipinski definition) is 0. The van der Waals surface area contributed by atoms with Gasteiger partial charge in [0.1, 0.15) is 0 Å². The van der Waals surface area contributed by atoms with E-state index in [-0.39, 0.29) is 20.4 Å². The highest BCUT2D eigenvalue weighted by molar-refractivity contribution is 5.76. The van der Waals surface area contributed by atoms with Crippen molar-refractivity contribution in [2.24, 2.45) is 0 Å². The summed E-state index contributed by atoms with van der Waals surface area (Å²) in [6.45, 7) is 0.123. The molecule has 28 heavy (non-hydrogen) atoms. The predicted molar refractivity (Wildman–Crippen MR) is 104 cm³/mol. The van der Waals surface area contributed by atoms with Gasteiger partial charge < -0.3 is 28.4 Å². The summed E-state index contributed by atoms with van der Waals surface area (Å²) in [6.07, 6.45) is 3.79. The summed E-state index contributed by atoms with van der Waals surface area (Å²) >= 11 is 0. The molecule has 0 aliphatic carbocycles. The van der Waals surface area contributed by atoms with Crippen molar-refractivity contribution in [3.8, 4) is 23.3 Å². The average Bonchev–Trinajstić information content (AvgIpc) is 2.74. The largest absolute Gasteiger partial charge is 0.464 e. The molecule has 0 N–H and O–H groups in total. The van der Waals surface area contributed by atoms with Crippen molar-refractivity contribution >= 4 is 12.2 Å². The van der Waals surface area contributed by atoms with E-state index in [2.05, 4.69) is 6.07 Å². The first-order valence-corrected chi connectivity index (χ1v) is 8.44. The molecular weight excluding hydrogens is 362 g/mol. The minimum absolute atomic E-state index is 0.0233. The molecule has 0 fully saturated rings. The summed E-state index contributed by atoms with van der Waals surface area (Å²) in [7, 11) is 4.60. The van der Waals surface area contributed by atoms with Gasteiger partial charge in [-0.2, -0.15) is 5.26 Å². The van der Waals surface area contributed by atoms with Crippen LogP contribution in [0.5, 0.6) is 17.2 Å². The van der Waals surface area contributed by atoms with E-state index in [9.17, 15) is 0 Å². The Morgan fingerprint density at radius 3 is 1.96 bits per heavy atom. The topological polar surface area (TPSA) is 79.2 Å². The SMILES string of the molecule is COCOc1ccc(/C=C/c2ccc(C#N)cc2)c(OCOC)c1OCOC. The van der Waals surface area contributed by atoms with Crippen molar-refractivity contribution in [2.75, 3.05) is 41.7 Å². The maximum atomic E-state index is 8.90. The Hall–Kier alpha value is -3.05. The third kappa shape index (κ3) is 5.99. The lowest BCUT2D eigenvalue weighted by Crippen LogP contribution is -2.08. The van der Waals surface area contributed by atoms with E-state index in [4.69, 9.17) is 33.7 Å². The van der Waals surface area contributed by atoms with Crippen molar-refractivity contribution in [1.29, 1.82) is 5.26 Å². The van der Waals surface area contributed by atoms with Crippen LogP contribution in [0.25, 0.3) is 12.2 Å². The predicted octanol–water partition coefficient (Wildman–Crippen LogP) is 3.68. The molecule has 2 rings (SSSR count). The highest BCUT2D eigenvalue weighted by atomic mass is 16.7. The van der Waals surface area contributed by atoms with E-state index in [1.54, 1.807) is 18.2 Å². The molecule has 0 bridgehead atoms. The fourth-order valence-corrected chi connectivity index (χ4v) is 2.30. The van der Waals surface area contributed by atoms with Crippen molar-refractivity contribution in [3.05, 3.63) is 53.1 Å². The monoisotopic (exact) mass is 385 g/mol. The van der Waals surface area contributed by atoms with E-state index < -0.39 is 0 Å². The lowest BCUT2D eigenvalue weighted by molar-refractivity contribution is 0.0217. The number of methoxy groups -OCH3 is 3. The lowest BCUT2D eigenvalue weighted by Gasteiger charge is -2.18. The van der Waals surface area contributed by atoms with Crippen molar-refractivity contribution in [3.63, 3.8) is 0 Å². The zero-order valence-electron chi connectivity index (χ0n) is 16.1. The highest BCUT2D eigenvalue weighted by Gasteiger charge is 2.17. The molecule has 0 heterocycles. The lowest BCUT2D eigenvalue weighted by atomic mass is 10.1. The minimum atomic E-state index is 0.0233. The molecule has 7 nitrogen and oxygen atoms in total. The summed E-state index contributed by atoms with van der Waals surface area (Å²) in [4.78, 5) is 0. The first-order valence-electron chi connectivity index (χ1n) is 8.44. The third-order valence-corrected chi connectivity index (χ3v) is 3.58. The summed E-state index contributed by atoms with van der Waals surface area (Å²) in [6, 6.07) is 13.0. The van der Waals surface area contributed by atoms with Crippen LogP contribution in [0.15, 0.2) is 36.4 Å². The maximum Gasteiger partial charge on any atom is 0.207 e. The summed E-state index contributed by atoms with van der Waals surface area (Å²) < 4.78 is 32.0. The van der Waals surface area contributed by atoms with Gasteiger partial charge >= 0.3 is 0 Å². The second-order valence-electron chi connectivity index (χ2n) is 5.53. The maximum absolute atomic E-state index is 8.90. The molecule has 0 spiro atoms. The summed E-state index contributed by atoms with van der Waals surface area (Å²) in [5.74, 6) is 1.30. The molecule has 0 aliphatic rings. The van der Waals surface area contributed by atoms with Gasteiger partial charge in [0.15, 0.2) is 31.9 Å². The summed E-state index contributed by atoms with van der Waals surface area (Å²) in [5.41, 5.74) is 2.31. The van der Waals surface area contributed by atoms with Crippen LogP contribution >= 0.6 is 0 Å². The van der Waals surface area contributed by atoms with E-state index >= 15 is 0 Å². The third-order valence-electron chi connectivity index (χ3n) is 3.58. The van der Waals surface area contributed by atoms with Crippen molar-refractivity contribution in [1.82, 2.24) is 0 Å². The van der Waals surface area contributed by atoms with E-state index in [1.165, 1.54) is 21.3 Å². The van der Waals surface area contributed by atoms with E-state index in [0.29, 0.717) is 22.8 Å². The van der Waals surface area contributed by atoms with E-state index in [0.717, 1.165) is 11.1 Å². The molecule has 0 radical (unpaired) electrons. The molecule has 0 aliphatic heterocycles. The van der Waals surface area contributed by atoms with Gasteiger partial charge in [0.05, 0.1) is 11.6 Å².